The molecule has 0 saturated carbocycles. The maximum Gasteiger partial charge on any atom is 0.291 e. The van der Waals surface area contributed by atoms with E-state index < -0.39 is 14.8 Å². The van der Waals surface area contributed by atoms with Gasteiger partial charge >= 0.3 is 0 Å². The molecule has 1 unspecified atom stereocenters. The minimum atomic E-state index is -3.63. The number of hydrogen-bond acceptors (Lipinski definition) is 4. The number of nitrogens with zero attached hydrogens (tertiary/aromatic N) is 1. The summed E-state index contributed by atoms with van der Waals surface area (Å²) < 4.78 is 23.1. The van der Waals surface area contributed by atoms with E-state index in [9.17, 15) is 18.5 Å². The highest BCUT2D eigenvalue weighted by Crippen LogP contribution is 2.29. The van der Waals surface area contributed by atoms with Crippen LogP contribution in [0.1, 0.15) is 18.9 Å². The molecule has 0 N–H and O–H groups in total. The van der Waals surface area contributed by atoms with Crippen molar-refractivity contribution in [1.29, 1.82) is 0 Å². The van der Waals surface area contributed by atoms with Crippen molar-refractivity contribution in [3.8, 4) is 0 Å². The van der Waals surface area contributed by atoms with E-state index in [2.05, 4.69) is 0 Å². The number of halogens is 1. The van der Waals surface area contributed by atoms with Gasteiger partial charge in [-0.2, -0.15) is 0 Å². The average molecular weight is 292 g/mol. The van der Waals surface area contributed by atoms with E-state index >= 15 is 0 Å². The maximum atomic E-state index is 11.5. The average Bonchev–Trinajstić information content (AvgIpc) is 2.27. The summed E-state index contributed by atoms with van der Waals surface area (Å²) in [6.45, 7) is 1.86. The molecule has 1 aromatic rings. The number of para-hydroxylation sites is 1. The molecule has 0 heterocycles. The Labute approximate surface area is 111 Å². The van der Waals surface area contributed by atoms with Crippen molar-refractivity contribution >= 4 is 27.1 Å². The summed E-state index contributed by atoms with van der Waals surface area (Å²) in [6, 6.07) is 4.28. The monoisotopic (exact) mass is 291 g/mol. The smallest absolute Gasteiger partial charge is 0.258 e. The minimum Gasteiger partial charge on any atom is -0.258 e. The number of nitro benzene ring substituents is 1. The molecule has 1 rings (SSSR count). The van der Waals surface area contributed by atoms with Crippen LogP contribution < -0.4 is 0 Å². The lowest BCUT2D eigenvalue weighted by molar-refractivity contribution is -0.388. The first-order chi connectivity index (χ1) is 8.27. The zero-order valence-corrected chi connectivity index (χ0v) is 11.7. The highest BCUT2D eigenvalue weighted by Gasteiger charge is 2.26. The first kappa shape index (κ1) is 14.9. The topological polar surface area (TPSA) is 77.3 Å². The van der Waals surface area contributed by atoms with E-state index in [4.69, 9.17) is 11.6 Å². The van der Waals surface area contributed by atoms with Crippen molar-refractivity contribution in [2.24, 2.45) is 0 Å². The van der Waals surface area contributed by atoms with Crippen LogP contribution in [0, 0.1) is 10.1 Å². The number of hydrogen-bond donors (Lipinski definition) is 0. The van der Waals surface area contributed by atoms with Gasteiger partial charge in [-0.25, -0.2) is 8.42 Å². The van der Waals surface area contributed by atoms with E-state index in [-0.39, 0.29) is 22.4 Å². The summed E-state index contributed by atoms with van der Waals surface area (Å²) in [6.07, 6.45) is 1.89. The first-order valence-electron chi connectivity index (χ1n) is 5.37. The molecule has 0 amide bonds. The van der Waals surface area contributed by atoms with Crippen molar-refractivity contribution < 1.29 is 13.3 Å². The lowest BCUT2D eigenvalue weighted by atomic mass is 10.1. The van der Waals surface area contributed by atoms with Crippen molar-refractivity contribution in [3.05, 3.63) is 33.9 Å². The third-order valence-electron chi connectivity index (χ3n) is 2.55. The molecule has 0 aromatic heterocycles. The van der Waals surface area contributed by atoms with Gasteiger partial charge in [0, 0.05) is 17.2 Å². The van der Waals surface area contributed by atoms with Gasteiger partial charge in [0.1, 0.15) is 4.90 Å². The van der Waals surface area contributed by atoms with Crippen LogP contribution in [0.4, 0.5) is 5.69 Å². The zero-order valence-electron chi connectivity index (χ0n) is 10.1. The molecule has 0 fully saturated rings. The zero-order chi connectivity index (χ0) is 13.9. The summed E-state index contributed by atoms with van der Waals surface area (Å²) >= 11 is 5.97. The van der Waals surface area contributed by atoms with Crippen molar-refractivity contribution in [3.63, 3.8) is 0 Å². The van der Waals surface area contributed by atoms with E-state index in [1.165, 1.54) is 18.2 Å². The van der Waals surface area contributed by atoms with Gasteiger partial charge in [-0.15, -0.1) is 11.6 Å². The van der Waals surface area contributed by atoms with Gasteiger partial charge in [0.25, 0.3) is 5.69 Å². The molecule has 0 saturated heterocycles. The molecule has 0 aliphatic carbocycles. The molecule has 18 heavy (non-hydrogen) atoms. The van der Waals surface area contributed by atoms with Crippen molar-refractivity contribution in [2.45, 2.75) is 30.0 Å². The number of sulfone groups is 1. The Morgan fingerprint density at radius 1 is 1.44 bits per heavy atom. The van der Waals surface area contributed by atoms with Gasteiger partial charge in [-0.3, -0.25) is 10.1 Å². The highest BCUT2D eigenvalue weighted by atomic mass is 35.5. The van der Waals surface area contributed by atoms with Gasteiger partial charge in [0.2, 0.25) is 0 Å². The number of rotatable bonds is 5. The summed E-state index contributed by atoms with van der Waals surface area (Å²) in [5, 5.41) is 10.8. The van der Waals surface area contributed by atoms with E-state index in [1.54, 1.807) is 0 Å². The second-order valence-electron chi connectivity index (χ2n) is 4.00. The lowest BCUT2D eigenvalue weighted by Crippen LogP contribution is -2.09. The number of benzene rings is 1. The van der Waals surface area contributed by atoms with Crippen molar-refractivity contribution in [2.75, 3.05) is 6.26 Å². The van der Waals surface area contributed by atoms with E-state index in [0.717, 1.165) is 6.26 Å². The molecule has 0 spiro atoms. The Balaban J connectivity index is 3.40. The summed E-state index contributed by atoms with van der Waals surface area (Å²) in [4.78, 5) is 10.1. The Bertz CT molecular complexity index is 556. The lowest BCUT2D eigenvalue weighted by Gasteiger charge is -2.09. The van der Waals surface area contributed by atoms with Gasteiger partial charge in [0.05, 0.1) is 4.92 Å². The second kappa shape index (κ2) is 5.67. The Hall–Kier alpha value is -1.14. The maximum absolute atomic E-state index is 11.5. The van der Waals surface area contributed by atoms with Gasteiger partial charge < -0.3 is 0 Å². The van der Waals surface area contributed by atoms with Gasteiger partial charge in [-0.05, 0) is 18.9 Å². The number of nitro groups is 1. The minimum absolute atomic E-state index is 0.251. The third kappa shape index (κ3) is 3.43. The molecule has 5 nitrogen and oxygen atoms in total. The standard InChI is InChI=1S/C11H14ClNO4S/c1-3-9(12)7-8-5-4-6-10(18(2,16)17)11(8)13(14)15/h4-6,9H,3,7H2,1-2H3. The highest BCUT2D eigenvalue weighted by molar-refractivity contribution is 7.90. The summed E-state index contributed by atoms with van der Waals surface area (Å²) in [5.74, 6) is 0. The summed E-state index contributed by atoms with van der Waals surface area (Å²) in [5.41, 5.74) is -0.0103. The van der Waals surface area contributed by atoms with Gasteiger partial charge in [-0.1, -0.05) is 19.1 Å². The fraction of sp³-hybridized carbons (Fsp3) is 0.455. The van der Waals surface area contributed by atoms with Crippen molar-refractivity contribution in [1.82, 2.24) is 0 Å². The van der Waals surface area contributed by atoms with Crippen LogP contribution in [0.5, 0.6) is 0 Å². The second-order valence-corrected chi connectivity index (χ2v) is 6.60. The quantitative estimate of drug-likeness (QED) is 0.474. The molecule has 100 valence electrons. The van der Waals surface area contributed by atoms with Crippen LogP contribution in [0.2, 0.25) is 0 Å². The summed E-state index contributed by atoms with van der Waals surface area (Å²) in [7, 11) is -3.63. The molecule has 7 heteroatoms. The van der Waals surface area contributed by atoms with Crippen LogP contribution in [0.3, 0.4) is 0 Å². The molecule has 1 aromatic carbocycles. The van der Waals surface area contributed by atoms with E-state index in [0.29, 0.717) is 12.0 Å². The third-order valence-corrected chi connectivity index (χ3v) is 4.14. The molecule has 0 aliphatic rings. The predicted molar refractivity (Wildman–Crippen MR) is 69.8 cm³/mol. The predicted octanol–water partition coefficient (Wildman–Crippen LogP) is 2.56. The Morgan fingerprint density at radius 3 is 2.50 bits per heavy atom. The molecule has 0 bridgehead atoms. The molecule has 0 aliphatic heterocycles. The number of alkyl halides is 1. The fourth-order valence-electron chi connectivity index (χ4n) is 1.62. The Kier molecular flexibility index (Phi) is 4.70. The van der Waals surface area contributed by atoms with Gasteiger partial charge in [0.15, 0.2) is 9.84 Å². The van der Waals surface area contributed by atoms with Crippen LogP contribution >= 0.6 is 11.6 Å². The van der Waals surface area contributed by atoms with Crippen LogP contribution in [-0.4, -0.2) is 25.0 Å². The molecule has 1 atom stereocenters. The van der Waals surface area contributed by atoms with Crippen LogP contribution in [0.25, 0.3) is 0 Å². The fourth-order valence-corrected chi connectivity index (χ4v) is 2.67. The molecular formula is C11H14ClNO4S. The van der Waals surface area contributed by atoms with Crippen LogP contribution in [0.15, 0.2) is 23.1 Å². The normalized spacial score (nSPS) is 13.3. The molecule has 0 radical (unpaired) electrons. The SMILES string of the molecule is CCC(Cl)Cc1cccc(S(C)(=O)=O)c1[N+](=O)[O-]. The van der Waals surface area contributed by atoms with Crippen LogP contribution in [-0.2, 0) is 16.3 Å². The largest absolute Gasteiger partial charge is 0.291 e. The molecular weight excluding hydrogens is 278 g/mol. The Morgan fingerprint density at radius 2 is 2.06 bits per heavy atom. The van der Waals surface area contributed by atoms with E-state index in [1.807, 2.05) is 6.92 Å². The first-order valence-corrected chi connectivity index (χ1v) is 7.70.